The number of aromatic nitrogens is 2. The van der Waals surface area contributed by atoms with E-state index in [-0.39, 0.29) is 10.8 Å². The van der Waals surface area contributed by atoms with Gasteiger partial charge in [-0.25, -0.2) is 17.8 Å². The summed E-state index contributed by atoms with van der Waals surface area (Å²) in [6, 6.07) is 29.9. The number of hydrogen-bond acceptors (Lipinski definition) is 3. The van der Waals surface area contributed by atoms with Crippen molar-refractivity contribution in [1.82, 2.24) is 14.5 Å². The lowest BCUT2D eigenvalue weighted by atomic mass is 9.89. The predicted octanol–water partition coefficient (Wildman–Crippen LogP) is 4.99. The summed E-state index contributed by atoms with van der Waals surface area (Å²) in [5.41, 5.74) is 4.26. The highest BCUT2D eigenvalue weighted by Gasteiger charge is 2.25. The van der Waals surface area contributed by atoms with Gasteiger partial charge in [-0.2, -0.15) is 5.10 Å². The molecule has 1 aromatic heterocycles. The second-order valence-corrected chi connectivity index (χ2v) is 9.51. The van der Waals surface area contributed by atoms with Crippen LogP contribution in [-0.2, 0) is 10.0 Å². The lowest BCUT2D eigenvalue weighted by Gasteiger charge is -2.18. The molecule has 0 aliphatic carbocycles. The Morgan fingerprint density at radius 1 is 0.812 bits per heavy atom. The number of sulfonamides is 1. The van der Waals surface area contributed by atoms with Crippen LogP contribution in [0.5, 0.6) is 0 Å². The first-order valence-electron chi connectivity index (χ1n) is 10.7. The number of para-hydroxylation sites is 1. The Kier molecular flexibility index (Phi) is 6.53. The summed E-state index contributed by atoms with van der Waals surface area (Å²) in [7, 11) is -3.70. The maximum atomic E-state index is 13.2. The van der Waals surface area contributed by atoms with Crippen LogP contribution >= 0.6 is 0 Å². The Labute approximate surface area is 189 Å². The lowest BCUT2D eigenvalue weighted by molar-refractivity contribution is 0.574. The first-order valence-corrected chi connectivity index (χ1v) is 12.2. The van der Waals surface area contributed by atoms with Gasteiger partial charge >= 0.3 is 0 Å². The van der Waals surface area contributed by atoms with Crippen LogP contribution in [-0.4, -0.2) is 24.7 Å². The summed E-state index contributed by atoms with van der Waals surface area (Å²) in [6.07, 6.45) is 0.651. The molecule has 3 aromatic carbocycles. The van der Waals surface area contributed by atoms with Crippen molar-refractivity contribution in [2.45, 2.75) is 31.1 Å². The molecule has 0 fully saturated rings. The van der Waals surface area contributed by atoms with Crippen molar-refractivity contribution in [3.8, 4) is 5.69 Å². The molecule has 0 saturated carbocycles. The summed E-state index contributed by atoms with van der Waals surface area (Å²) < 4.78 is 30.9. The molecule has 0 saturated heterocycles. The van der Waals surface area contributed by atoms with E-state index in [9.17, 15) is 8.42 Å². The number of hydrogen-bond donors (Lipinski definition) is 1. The van der Waals surface area contributed by atoms with E-state index < -0.39 is 10.0 Å². The van der Waals surface area contributed by atoms with Crippen LogP contribution in [0.15, 0.2) is 95.9 Å². The third-order valence-electron chi connectivity index (χ3n) is 5.62. The molecular formula is C26H27N3O2S. The highest BCUT2D eigenvalue weighted by Crippen LogP contribution is 2.28. The summed E-state index contributed by atoms with van der Waals surface area (Å²) in [5, 5.41) is 4.48. The van der Waals surface area contributed by atoms with E-state index in [1.165, 1.54) is 11.1 Å². The van der Waals surface area contributed by atoms with Crippen LogP contribution in [0.3, 0.4) is 0 Å². The average Bonchev–Trinajstić information content (AvgIpc) is 3.13. The van der Waals surface area contributed by atoms with Crippen molar-refractivity contribution in [2.24, 2.45) is 0 Å². The second-order valence-electron chi connectivity index (χ2n) is 7.81. The second kappa shape index (κ2) is 9.51. The van der Waals surface area contributed by atoms with Gasteiger partial charge in [0.05, 0.1) is 17.1 Å². The Morgan fingerprint density at radius 2 is 1.31 bits per heavy atom. The van der Waals surface area contributed by atoms with E-state index in [2.05, 4.69) is 34.1 Å². The third kappa shape index (κ3) is 4.66. The van der Waals surface area contributed by atoms with E-state index >= 15 is 0 Å². The molecule has 0 amide bonds. The molecule has 32 heavy (non-hydrogen) atoms. The van der Waals surface area contributed by atoms with Crippen LogP contribution in [0.25, 0.3) is 5.69 Å². The van der Waals surface area contributed by atoms with E-state index in [1.54, 1.807) is 18.5 Å². The van der Waals surface area contributed by atoms with Crippen molar-refractivity contribution in [3.63, 3.8) is 0 Å². The first kappa shape index (κ1) is 22.0. The highest BCUT2D eigenvalue weighted by atomic mass is 32.2. The maximum absolute atomic E-state index is 13.2. The summed E-state index contributed by atoms with van der Waals surface area (Å²) in [4.78, 5) is 0.248. The zero-order valence-electron chi connectivity index (χ0n) is 18.3. The number of aryl methyl sites for hydroxylation is 1. The monoisotopic (exact) mass is 445 g/mol. The predicted molar refractivity (Wildman–Crippen MR) is 128 cm³/mol. The summed E-state index contributed by atoms with van der Waals surface area (Å²) in [6.45, 7) is 3.85. The summed E-state index contributed by atoms with van der Waals surface area (Å²) >= 11 is 0. The SMILES string of the molecule is Cc1nn(-c2ccccc2)c(C)c1S(=O)(=O)NCCC(c1ccccc1)c1ccccc1. The Hall–Kier alpha value is -3.22. The van der Waals surface area contributed by atoms with Crippen LogP contribution in [0, 0.1) is 13.8 Å². The standard InChI is InChI=1S/C26H27N3O2S/c1-20-26(21(2)29(28-20)24-16-10-5-11-17-24)32(30,31)27-19-18-25(22-12-6-3-7-13-22)23-14-8-4-9-15-23/h3-17,25,27H,18-19H2,1-2H3. The Bertz CT molecular complexity index is 1230. The largest absolute Gasteiger partial charge is 0.244 e. The van der Waals surface area contributed by atoms with E-state index in [0.717, 1.165) is 5.69 Å². The fraction of sp³-hybridized carbons (Fsp3) is 0.192. The molecule has 0 spiro atoms. The van der Waals surface area contributed by atoms with Crippen molar-refractivity contribution in [2.75, 3.05) is 6.54 Å². The average molecular weight is 446 g/mol. The normalized spacial score (nSPS) is 11.7. The number of benzene rings is 3. The molecule has 0 atom stereocenters. The fourth-order valence-corrected chi connectivity index (χ4v) is 5.58. The molecule has 5 nitrogen and oxygen atoms in total. The van der Waals surface area contributed by atoms with Gasteiger partial charge < -0.3 is 0 Å². The smallest absolute Gasteiger partial charge is 0.236 e. The Balaban J connectivity index is 1.55. The molecule has 0 bridgehead atoms. The number of nitrogens with zero attached hydrogens (tertiary/aromatic N) is 2. The lowest BCUT2D eigenvalue weighted by Crippen LogP contribution is -2.27. The van der Waals surface area contributed by atoms with Crippen molar-refractivity contribution in [1.29, 1.82) is 0 Å². The molecule has 0 aliphatic heterocycles. The van der Waals surface area contributed by atoms with Crippen molar-refractivity contribution >= 4 is 10.0 Å². The molecule has 4 rings (SSSR count). The molecule has 0 aliphatic rings. The first-order chi connectivity index (χ1) is 15.5. The van der Waals surface area contributed by atoms with Gasteiger partial charge in [-0.05, 0) is 43.5 Å². The molecule has 4 aromatic rings. The molecular weight excluding hydrogens is 418 g/mol. The van der Waals surface area contributed by atoms with Crippen LogP contribution in [0.4, 0.5) is 0 Å². The highest BCUT2D eigenvalue weighted by molar-refractivity contribution is 7.89. The van der Waals surface area contributed by atoms with E-state index in [1.807, 2.05) is 66.7 Å². The third-order valence-corrected chi connectivity index (χ3v) is 7.34. The molecule has 0 unspecified atom stereocenters. The van der Waals surface area contributed by atoms with Gasteiger partial charge in [0.25, 0.3) is 0 Å². The molecule has 1 heterocycles. The van der Waals surface area contributed by atoms with E-state index in [0.29, 0.717) is 24.4 Å². The Morgan fingerprint density at radius 3 is 1.84 bits per heavy atom. The van der Waals surface area contributed by atoms with Gasteiger partial charge in [-0.15, -0.1) is 0 Å². The van der Waals surface area contributed by atoms with Gasteiger partial charge in [0.15, 0.2) is 0 Å². The molecule has 6 heteroatoms. The minimum Gasteiger partial charge on any atom is -0.236 e. The zero-order valence-corrected chi connectivity index (χ0v) is 19.1. The fourth-order valence-electron chi connectivity index (χ4n) is 4.14. The van der Waals surface area contributed by atoms with Crippen LogP contribution in [0.1, 0.15) is 34.9 Å². The number of rotatable bonds is 8. The maximum Gasteiger partial charge on any atom is 0.244 e. The number of nitrogens with one attached hydrogen (secondary N) is 1. The molecule has 0 radical (unpaired) electrons. The van der Waals surface area contributed by atoms with E-state index in [4.69, 9.17) is 0 Å². The van der Waals surface area contributed by atoms with Gasteiger partial charge in [0.1, 0.15) is 4.90 Å². The van der Waals surface area contributed by atoms with Gasteiger partial charge in [0.2, 0.25) is 10.0 Å². The van der Waals surface area contributed by atoms with Gasteiger partial charge in [-0.3, -0.25) is 0 Å². The minimum atomic E-state index is -3.70. The van der Waals surface area contributed by atoms with Crippen LogP contribution < -0.4 is 4.72 Å². The molecule has 164 valence electrons. The van der Waals surface area contributed by atoms with Crippen molar-refractivity contribution < 1.29 is 8.42 Å². The quantitative estimate of drug-likeness (QED) is 0.416. The van der Waals surface area contributed by atoms with Crippen molar-refractivity contribution in [3.05, 3.63) is 114 Å². The summed E-state index contributed by atoms with van der Waals surface area (Å²) in [5.74, 6) is 0.106. The van der Waals surface area contributed by atoms with Gasteiger partial charge in [0, 0.05) is 12.5 Å². The molecule has 1 N–H and O–H groups in total. The van der Waals surface area contributed by atoms with Gasteiger partial charge in [-0.1, -0.05) is 78.9 Å². The topological polar surface area (TPSA) is 64.0 Å². The minimum absolute atomic E-state index is 0.106. The van der Waals surface area contributed by atoms with Crippen LogP contribution in [0.2, 0.25) is 0 Å². The zero-order chi connectivity index (χ0) is 22.6.